The highest BCUT2D eigenvalue weighted by atomic mass is 16.4. The molecule has 0 amide bonds. The molecular weight excluding hydrogens is 362 g/mol. The van der Waals surface area contributed by atoms with E-state index in [1.54, 1.807) is 0 Å². The molecule has 0 fully saturated rings. The van der Waals surface area contributed by atoms with Gasteiger partial charge in [-0.1, -0.05) is 79.8 Å². The predicted molar refractivity (Wildman–Crippen MR) is 124 cm³/mol. The Hall–Kier alpha value is -2.17. The second-order valence-corrected chi connectivity index (χ2v) is 6.73. The molecule has 0 aromatic heterocycles. The van der Waals surface area contributed by atoms with Crippen LogP contribution in [0.15, 0.2) is 72.9 Å². The Labute approximate surface area is 177 Å². The van der Waals surface area contributed by atoms with Gasteiger partial charge in [-0.25, -0.2) is 0 Å². The van der Waals surface area contributed by atoms with Crippen LogP contribution in [-0.4, -0.2) is 28.5 Å². The third-order valence-corrected chi connectivity index (χ3v) is 4.02. The van der Waals surface area contributed by atoms with Gasteiger partial charge in [-0.2, -0.15) is 0 Å². The summed E-state index contributed by atoms with van der Waals surface area (Å²) in [6.07, 6.45) is 32.1. The van der Waals surface area contributed by atoms with Crippen LogP contribution in [0.2, 0.25) is 0 Å². The zero-order valence-electron chi connectivity index (χ0n) is 18.0. The standard InChI is InChI=1S/C25H39NO3/c1-3-4-5-6-7-8-9-10-11-12-13-14-15-16-17-18-19-20-21-22-24(27)26-23(2)25(28)29/h4-5,7-8,10-11,13-14,16-17,19-20,23-24,26-27H,3,6,9,12,15,18,21-22H2,1-2H3,(H,28,29). The van der Waals surface area contributed by atoms with Gasteiger partial charge in [0, 0.05) is 0 Å². The average Bonchev–Trinajstić information content (AvgIpc) is 2.69. The summed E-state index contributed by atoms with van der Waals surface area (Å²) in [6.45, 7) is 3.66. The molecule has 0 saturated heterocycles. The number of carboxylic acids is 1. The smallest absolute Gasteiger partial charge is 0.320 e. The average molecular weight is 402 g/mol. The number of aliphatic hydroxyl groups excluding tert-OH is 1. The van der Waals surface area contributed by atoms with Gasteiger partial charge in [0.25, 0.3) is 0 Å². The van der Waals surface area contributed by atoms with Gasteiger partial charge < -0.3 is 10.2 Å². The first-order chi connectivity index (χ1) is 14.1. The Bertz CT molecular complexity index is 571. The molecule has 2 unspecified atom stereocenters. The quantitative estimate of drug-likeness (QED) is 0.211. The van der Waals surface area contributed by atoms with E-state index in [1.165, 1.54) is 6.92 Å². The van der Waals surface area contributed by atoms with E-state index in [0.29, 0.717) is 12.8 Å². The van der Waals surface area contributed by atoms with E-state index in [9.17, 15) is 9.90 Å². The lowest BCUT2D eigenvalue weighted by atomic mass is 10.2. The molecule has 0 saturated carbocycles. The third-order valence-electron chi connectivity index (χ3n) is 4.02. The molecule has 0 aliphatic heterocycles. The molecule has 29 heavy (non-hydrogen) atoms. The second kappa shape index (κ2) is 20.6. The number of hydrogen-bond acceptors (Lipinski definition) is 3. The van der Waals surface area contributed by atoms with Crippen LogP contribution in [0.4, 0.5) is 0 Å². The molecule has 0 bridgehead atoms. The molecular formula is C25H39NO3. The first-order valence-electron chi connectivity index (χ1n) is 10.6. The molecule has 4 heteroatoms. The van der Waals surface area contributed by atoms with Gasteiger partial charge in [0.2, 0.25) is 0 Å². The van der Waals surface area contributed by atoms with Gasteiger partial charge in [-0.3, -0.25) is 10.1 Å². The van der Waals surface area contributed by atoms with Crippen LogP contribution in [-0.2, 0) is 4.79 Å². The normalized spacial score (nSPS) is 15.1. The Morgan fingerprint density at radius 2 is 1.14 bits per heavy atom. The number of aliphatic hydroxyl groups is 1. The number of allylic oxidation sites excluding steroid dienone is 12. The van der Waals surface area contributed by atoms with Gasteiger partial charge >= 0.3 is 5.97 Å². The molecule has 0 aromatic rings. The zero-order valence-corrected chi connectivity index (χ0v) is 18.0. The molecule has 0 radical (unpaired) electrons. The third kappa shape index (κ3) is 20.4. The van der Waals surface area contributed by atoms with Crippen molar-refractivity contribution in [3.8, 4) is 0 Å². The lowest BCUT2D eigenvalue weighted by Crippen LogP contribution is -2.41. The van der Waals surface area contributed by atoms with Crippen molar-refractivity contribution in [1.82, 2.24) is 5.32 Å². The van der Waals surface area contributed by atoms with Crippen molar-refractivity contribution in [3.63, 3.8) is 0 Å². The van der Waals surface area contributed by atoms with Crippen molar-refractivity contribution in [2.45, 2.75) is 77.5 Å². The number of carboxylic acid groups (broad SMARTS) is 1. The SMILES string of the molecule is CCC=CCC=CCC=CCC=CCC=CCC=CCCC(O)NC(C)C(=O)O. The lowest BCUT2D eigenvalue weighted by Gasteiger charge is -2.14. The van der Waals surface area contributed by atoms with Crippen LogP contribution in [0.1, 0.15) is 65.2 Å². The minimum atomic E-state index is -0.960. The van der Waals surface area contributed by atoms with Crippen molar-refractivity contribution in [2.75, 3.05) is 0 Å². The summed E-state index contributed by atoms with van der Waals surface area (Å²) in [5.74, 6) is -0.960. The monoisotopic (exact) mass is 401 g/mol. The molecule has 162 valence electrons. The lowest BCUT2D eigenvalue weighted by molar-refractivity contribution is -0.140. The summed E-state index contributed by atoms with van der Waals surface area (Å²) in [4.78, 5) is 10.7. The van der Waals surface area contributed by atoms with Gasteiger partial charge in [0.05, 0.1) is 0 Å². The molecule has 4 nitrogen and oxygen atoms in total. The molecule has 2 atom stereocenters. The number of rotatable bonds is 17. The van der Waals surface area contributed by atoms with Gasteiger partial charge in [-0.05, 0) is 58.3 Å². The second-order valence-electron chi connectivity index (χ2n) is 6.73. The fourth-order valence-electron chi connectivity index (χ4n) is 2.34. The Morgan fingerprint density at radius 3 is 1.52 bits per heavy atom. The first kappa shape index (κ1) is 26.8. The summed E-state index contributed by atoms with van der Waals surface area (Å²) in [5.41, 5.74) is 0. The molecule has 0 aliphatic rings. The highest BCUT2D eigenvalue weighted by molar-refractivity contribution is 5.72. The van der Waals surface area contributed by atoms with Crippen LogP contribution in [0.25, 0.3) is 0 Å². The maximum absolute atomic E-state index is 10.7. The van der Waals surface area contributed by atoms with Gasteiger partial charge in [-0.15, -0.1) is 0 Å². The number of nitrogens with one attached hydrogen (secondary N) is 1. The van der Waals surface area contributed by atoms with E-state index >= 15 is 0 Å². The topological polar surface area (TPSA) is 69.6 Å². The molecule has 3 N–H and O–H groups in total. The fourth-order valence-corrected chi connectivity index (χ4v) is 2.34. The van der Waals surface area contributed by atoms with Crippen molar-refractivity contribution < 1.29 is 15.0 Å². The Balaban J connectivity index is 3.63. The van der Waals surface area contributed by atoms with Crippen molar-refractivity contribution in [1.29, 1.82) is 0 Å². The van der Waals surface area contributed by atoms with Crippen LogP contribution >= 0.6 is 0 Å². The maximum atomic E-state index is 10.7. The molecule has 0 spiro atoms. The van der Waals surface area contributed by atoms with Crippen LogP contribution in [0.5, 0.6) is 0 Å². The first-order valence-corrected chi connectivity index (χ1v) is 10.6. The number of carbonyl (C=O) groups is 1. The summed E-state index contributed by atoms with van der Waals surface area (Å²) in [5, 5.41) is 21.1. The van der Waals surface area contributed by atoms with Crippen molar-refractivity contribution in [2.24, 2.45) is 0 Å². The van der Waals surface area contributed by atoms with Crippen LogP contribution in [0.3, 0.4) is 0 Å². The molecule has 0 heterocycles. The predicted octanol–water partition coefficient (Wildman–Crippen LogP) is 5.85. The van der Waals surface area contributed by atoms with Crippen LogP contribution in [0, 0.1) is 0 Å². The van der Waals surface area contributed by atoms with E-state index in [2.05, 4.69) is 79.1 Å². The highest BCUT2D eigenvalue weighted by Crippen LogP contribution is 2.00. The minimum absolute atomic E-state index is 0.500. The Morgan fingerprint density at radius 1 is 0.759 bits per heavy atom. The van der Waals surface area contributed by atoms with E-state index < -0.39 is 18.2 Å². The summed E-state index contributed by atoms with van der Waals surface area (Å²) >= 11 is 0. The zero-order chi connectivity index (χ0) is 21.6. The van der Waals surface area contributed by atoms with Gasteiger partial charge in [0.1, 0.15) is 12.3 Å². The number of hydrogen-bond donors (Lipinski definition) is 3. The molecule has 0 rings (SSSR count). The highest BCUT2D eigenvalue weighted by Gasteiger charge is 2.13. The summed E-state index contributed by atoms with van der Waals surface area (Å²) in [6, 6.07) is -0.740. The minimum Gasteiger partial charge on any atom is -0.480 e. The van der Waals surface area contributed by atoms with Crippen LogP contribution < -0.4 is 5.32 Å². The summed E-state index contributed by atoms with van der Waals surface area (Å²) in [7, 11) is 0. The fraction of sp³-hybridized carbons (Fsp3) is 0.480. The van der Waals surface area contributed by atoms with E-state index in [1.807, 2.05) is 6.08 Å². The summed E-state index contributed by atoms with van der Waals surface area (Å²) < 4.78 is 0. The van der Waals surface area contributed by atoms with Crippen molar-refractivity contribution >= 4 is 5.97 Å². The van der Waals surface area contributed by atoms with Crippen molar-refractivity contribution in [3.05, 3.63) is 72.9 Å². The number of aliphatic carboxylic acids is 1. The van der Waals surface area contributed by atoms with E-state index in [-0.39, 0.29) is 0 Å². The van der Waals surface area contributed by atoms with Gasteiger partial charge in [0.15, 0.2) is 0 Å². The molecule has 0 aliphatic carbocycles. The molecule has 0 aromatic carbocycles. The van der Waals surface area contributed by atoms with E-state index in [0.717, 1.165) is 38.5 Å². The van der Waals surface area contributed by atoms with E-state index in [4.69, 9.17) is 5.11 Å². The maximum Gasteiger partial charge on any atom is 0.320 e. The Kier molecular flexibility index (Phi) is 19.0. The largest absolute Gasteiger partial charge is 0.480 e.